The molecule has 250 valence electrons. The lowest BCUT2D eigenvalue weighted by Crippen LogP contribution is -2.39. The Morgan fingerprint density at radius 1 is 0.915 bits per heavy atom. The van der Waals surface area contributed by atoms with Crippen molar-refractivity contribution in [3.8, 4) is 5.75 Å². The molecular formula is C33H33ClF3N3O7. The number of carboxylic acids is 2. The highest BCUT2D eigenvalue weighted by atomic mass is 35.5. The summed E-state index contributed by atoms with van der Waals surface area (Å²) in [6, 6.07) is 20.0. The van der Waals surface area contributed by atoms with Gasteiger partial charge in [0.25, 0.3) is 5.91 Å². The number of anilines is 1. The van der Waals surface area contributed by atoms with E-state index in [2.05, 4.69) is 5.32 Å². The van der Waals surface area contributed by atoms with E-state index in [0.29, 0.717) is 29.2 Å². The molecule has 5 rings (SSSR count). The Labute approximate surface area is 273 Å². The van der Waals surface area contributed by atoms with E-state index in [1.807, 2.05) is 42.5 Å². The number of benzene rings is 3. The van der Waals surface area contributed by atoms with Gasteiger partial charge in [-0.25, -0.2) is 4.79 Å². The number of ether oxygens (including phenoxy) is 1. The number of hydrogen-bond acceptors (Lipinski definition) is 6. The zero-order valence-electron chi connectivity index (χ0n) is 25.1. The third-order valence-electron chi connectivity index (χ3n) is 7.53. The maximum atomic E-state index is 13.7. The monoisotopic (exact) mass is 675 g/mol. The molecule has 1 fully saturated rings. The van der Waals surface area contributed by atoms with E-state index in [0.717, 1.165) is 48.4 Å². The molecule has 3 aromatic rings. The predicted octanol–water partition coefficient (Wildman–Crippen LogP) is 5.31. The van der Waals surface area contributed by atoms with Crippen LogP contribution in [0.3, 0.4) is 0 Å². The second kappa shape index (κ2) is 15.8. The molecule has 47 heavy (non-hydrogen) atoms. The van der Waals surface area contributed by atoms with Crippen LogP contribution in [0.15, 0.2) is 66.7 Å². The fourth-order valence-corrected chi connectivity index (χ4v) is 5.23. The smallest absolute Gasteiger partial charge is 0.490 e. The van der Waals surface area contributed by atoms with Gasteiger partial charge in [0.05, 0.1) is 6.54 Å². The van der Waals surface area contributed by atoms with Gasteiger partial charge in [-0.2, -0.15) is 13.2 Å². The Hall–Kier alpha value is -4.62. The fraction of sp³-hybridized carbons (Fsp3) is 0.333. The second-order valence-electron chi connectivity index (χ2n) is 11.0. The molecule has 10 nitrogen and oxygen atoms in total. The Morgan fingerprint density at radius 2 is 1.53 bits per heavy atom. The maximum absolute atomic E-state index is 13.7. The number of aryl methyl sites for hydroxylation is 1. The first kappa shape index (κ1) is 35.2. The first-order chi connectivity index (χ1) is 22.3. The molecule has 0 saturated carbocycles. The van der Waals surface area contributed by atoms with Crippen LogP contribution in [-0.2, 0) is 33.9 Å². The summed E-state index contributed by atoms with van der Waals surface area (Å²) in [5.41, 5.74) is 3.70. The normalized spacial score (nSPS) is 15.2. The molecule has 0 radical (unpaired) electrons. The van der Waals surface area contributed by atoms with Crippen molar-refractivity contribution >= 4 is 41.0 Å². The number of piperidine rings is 1. The minimum Gasteiger partial charge on any atom is -0.490 e. The van der Waals surface area contributed by atoms with E-state index in [9.17, 15) is 27.6 Å². The number of nitrogens with one attached hydrogen (secondary N) is 1. The lowest BCUT2D eigenvalue weighted by atomic mass is 10.0. The molecule has 2 aliphatic rings. The molecule has 0 aliphatic carbocycles. The average molecular weight is 676 g/mol. The van der Waals surface area contributed by atoms with Gasteiger partial charge < -0.3 is 30.1 Å². The topological polar surface area (TPSA) is 136 Å². The van der Waals surface area contributed by atoms with Crippen LogP contribution < -0.4 is 15.0 Å². The van der Waals surface area contributed by atoms with Crippen LogP contribution in [-0.4, -0.2) is 70.8 Å². The number of halogens is 4. The summed E-state index contributed by atoms with van der Waals surface area (Å²) >= 11 is 6.00. The lowest BCUT2D eigenvalue weighted by molar-refractivity contribution is -0.192. The number of nitrogens with zero attached hydrogens (tertiary/aromatic N) is 2. The molecule has 0 unspecified atom stereocenters. The second-order valence-corrected chi connectivity index (χ2v) is 11.5. The molecule has 3 aromatic carbocycles. The van der Waals surface area contributed by atoms with Crippen molar-refractivity contribution in [1.29, 1.82) is 0 Å². The molecule has 0 spiro atoms. The number of amides is 2. The van der Waals surface area contributed by atoms with Crippen LogP contribution in [0.2, 0.25) is 5.02 Å². The van der Waals surface area contributed by atoms with E-state index in [-0.39, 0.29) is 37.4 Å². The van der Waals surface area contributed by atoms with Crippen molar-refractivity contribution in [2.45, 2.75) is 51.1 Å². The first-order valence-corrected chi connectivity index (χ1v) is 15.1. The van der Waals surface area contributed by atoms with Gasteiger partial charge in [0.15, 0.2) is 0 Å². The van der Waals surface area contributed by atoms with Gasteiger partial charge in [-0.15, -0.1) is 0 Å². The summed E-state index contributed by atoms with van der Waals surface area (Å²) in [5, 5.41) is 20.2. The van der Waals surface area contributed by atoms with Gasteiger partial charge >= 0.3 is 18.1 Å². The van der Waals surface area contributed by atoms with Gasteiger partial charge in [0, 0.05) is 29.2 Å². The first-order valence-electron chi connectivity index (χ1n) is 14.8. The standard InChI is InChI=1S/C31H32ClN3O5.C2HF3O2/c32-25-8-6-23(7-9-25)31(39)34-19-24-5-1-21(4-12-30(37)38)17-28(24)35(29(36)20-34)18-22-2-10-26(11-3-22)40-27-13-15-33-16-14-27;3-2(4,5)1(6)7/h1-3,5-11,17,27,33H,4,12-16,18-20H2,(H,37,38);(H,6,7). The van der Waals surface area contributed by atoms with E-state index in [1.54, 1.807) is 29.2 Å². The number of rotatable bonds is 8. The van der Waals surface area contributed by atoms with Crippen molar-refractivity contribution in [3.63, 3.8) is 0 Å². The van der Waals surface area contributed by atoms with Crippen LogP contribution in [0.1, 0.15) is 46.3 Å². The van der Waals surface area contributed by atoms with E-state index in [1.165, 1.54) is 4.90 Å². The van der Waals surface area contributed by atoms with Crippen molar-refractivity contribution in [2.75, 3.05) is 24.5 Å². The number of alkyl halides is 3. The summed E-state index contributed by atoms with van der Waals surface area (Å²) in [6.07, 6.45) is -2.61. The predicted molar refractivity (Wildman–Crippen MR) is 166 cm³/mol. The molecule has 0 bridgehead atoms. The maximum Gasteiger partial charge on any atom is 0.490 e. The number of aliphatic carboxylic acids is 2. The number of carbonyl (C=O) groups excluding carboxylic acids is 2. The Balaban J connectivity index is 0.000000644. The molecule has 14 heteroatoms. The van der Waals surface area contributed by atoms with Crippen LogP contribution in [0.25, 0.3) is 0 Å². The van der Waals surface area contributed by atoms with Crippen molar-refractivity contribution in [3.05, 3.63) is 94.0 Å². The van der Waals surface area contributed by atoms with Crippen LogP contribution in [0.5, 0.6) is 5.75 Å². The summed E-state index contributed by atoms with van der Waals surface area (Å²) < 4.78 is 37.9. The minimum atomic E-state index is -5.08. The summed E-state index contributed by atoms with van der Waals surface area (Å²) in [5.74, 6) is -3.31. The summed E-state index contributed by atoms with van der Waals surface area (Å²) in [6.45, 7) is 2.38. The highest BCUT2D eigenvalue weighted by Gasteiger charge is 2.38. The SMILES string of the molecule is O=C(O)C(F)(F)F.O=C(O)CCc1ccc2c(c1)N(Cc1ccc(OC3CCNCC3)cc1)C(=O)CN(C(=O)c1ccc(Cl)cc1)C2. The zero-order valence-corrected chi connectivity index (χ0v) is 25.9. The lowest BCUT2D eigenvalue weighted by Gasteiger charge is -2.25. The van der Waals surface area contributed by atoms with Crippen LogP contribution >= 0.6 is 11.6 Å². The van der Waals surface area contributed by atoms with E-state index in [4.69, 9.17) is 31.3 Å². The van der Waals surface area contributed by atoms with Crippen LogP contribution in [0, 0.1) is 0 Å². The molecule has 2 heterocycles. The van der Waals surface area contributed by atoms with E-state index >= 15 is 0 Å². The summed E-state index contributed by atoms with van der Waals surface area (Å²) in [7, 11) is 0. The quantitative estimate of drug-likeness (QED) is 0.292. The van der Waals surface area contributed by atoms with Gasteiger partial charge in [0.2, 0.25) is 5.91 Å². The molecule has 3 N–H and O–H groups in total. The van der Waals surface area contributed by atoms with E-state index < -0.39 is 18.1 Å². The molecule has 0 aromatic heterocycles. The van der Waals surface area contributed by atoms with Gasteiger partial charge in [-0.05, 0) is 91.5 Å². The van der Waals surface area contributed by atoms with Gasteiger partial charge in [-0.1, -0.05) is 35.9 Å². The Kier molecular flexibility index (Phi) is 11.8. The zero-order chi connectivity index (χ0) is 34.1. The minimum absolute atomic E-state index is 0.00751. The molecule has 1 saturated heterocycles. The molecule has 2 amide bonds. The van der Waals surface area contributed by atoms with Gasteiger partial charge in [-0.3, -0.25) is 14.4 Å². The molecular weight excluding hydrogens is 643 g/mol. The van der Waals surface area contributed by atoms with Gasteiger partial charge in [0.1, 0.15) is 18.4 Å². The van der Waals surface area contributed by atoms with Crippen molar-refractivity contribution in [2.24, 2.45) is 0 Å². The Morgan fingerprint density at radius 3 is 2.13 bits per heavy atom. The average Bonchev–Trinajstić information content (AvgIpc) is 3.17. The third-order valence-corrected chi connectivity index (χ3v) is 7.78. The number of carbonyl (C=O) groups is 4. The van der Waals surface area contributed by atoms with Crippen molar-refractivity contribution in [1.82, 2.24) is 10.2 Å². The highest BCUT2D eigenvalue weighted by molar-refractivity contribution is 6.30. The molecule has 0 atom stereocenters. The number of carboxylic acid groups (broad SMARTS) is 2. The third kappa shape index (κ3) is 10.2. The highest BCUT2D eigenvalue weighted by Crippen LogP contribution is 2.30. The Bertz CT molecular complexity index is 1580. The summed E-state index contributed by atoms with van der Waals surface area (Å²) in [4.78, 5) is 50.3. The van der Waals surface area contributed by atoms with Crippen molar-refractivity contribution < 1.29 is 47.3 Å². The number of fused-ring (bicyclic) bond motifs is 1. The largest absolute Gasteiger partial charge is 0.490 e. The number of hydrogen-bond donors (Lipinski definition) is 3. The fourth-order valence-electron chi connectivity index (χ4n) is 5.10. The van der Waals surface area contributed by atoms with Crippen LogP contribution in [0.4, 0.5) is 18.9 Å². The molecule has 2 aliphatic heterocycles.